The summed E-state index contributed by atoms with van der Waals surface area (Å²) in [7, 11) is 0. The average Bonchev–Trinajstić information content (AvgIpc) is 3.07. The second-order valence-electron chi connectivity index (χ2n) is 7.57. The standard InChI is InChI=1S/C23H27N3O/c1-15(2)14-24-23(27)22-13-21(19-10-9-17(4)18(5)12-19)25-26(22)20-8-6-7-16(3)11-20/h6-13,15H,14H2,1-5H3,(H,24,27). The van der Waals surface area contributed by atoms with Crippen LogP contribution >= 0.6 is 0 Å². The Kier molecular flexibility index (Phi) is 5.45. The number of aromatic nitrogens is 2. The SMILES string of the molecule is Cc1cccc(-n2nc(-c3ccc(C)c(C)c3)cc2C(=O)NCC(C)C)c1. The predicted octanol–water partition coefficient (Wildman–Crippen LogP) is 4.85. The van der Waals surface area contributed by atoms with Crippen molar-refractivity contribution in [2.24, 2.45) is 5.92 Å². The van der Waals surface area contributed by atoms with Gasteiger partial charge in [-0.1, -0.05) is 38.1 Å². The minimum absolute atomic E-state index is 0.104. The molecule has 0 atom stereocenters. The molecule has 0 fully saturated rings. The molecule has 0 bridgehead atoms. The molecule has 27 heavy (non-hydrogen) atoms. The molecule has 2 aromatic carbocycles. The number of rotatable bonds is 5. The van der Waals surface area contributed by atoms with Crippen molar-refractivity contribution in [2.45, 2.75) is 34.6 Å². The topological polar surface area (TPSA) is 46.9 Å². The van der Waals surface area contributed by atoms with E-state index in [9.17, 15) is 4.79 Å². The van der Waals surface area contributed by atoms with Gasteiger partial charge in [0.2, 0.25) is 0 Å². The second kappa shape index (κ2) is 7.78. The zero-order chi connectivity index (χ0) is 19.6. The Morgan fingerprint density at radius 3 is 2.48 bits per heavy atom. The smallest absolute Gasteiger partial charge is 0.270 e. The summed E-state index contributed by atoms with van der Waals surface area (Å²) >= 11 is 0. The molecular formula is C23H27N3O. The Labute approximate surface area is 161 Å². The molecule has 4 heteroatoms. The van der Waals surface area contributed by atoms with Gasteiger partial charge >= 0.3 is 0 Å². The highest BCUT2D eigenvalue weighted by Crippen LogP contribution is 2.24. The summed E-state index contributed by atoms with van der Waals surface area (Å²) in [5.74, 6) is 0.288. The number of nitrogens with one attached hydrogen (secondary N) is 1. The van der Waals surface area contributed by atoms with Gasteiger partial charge in [0.05, 0.1) is 11.4 Å². The van der Waals surface area contributed by atoms with Crippen LogP contribution in [0.5, 0.6) is 0 Å². The normalized spacial score (nSPS) is 11.0. The molecule has 3 aromatic rings. The fraction of sp³-hybridized carbons (Fsp3) is 0.304. The van der Waals surface area contributed by atoms with Gasteiger partial charge in [-0.05, 0) is 67.6 Å². The van der Waals surface area contributed by atoms with E-state index in [1.807, 2.05) is 37.3 Å². The first-order chi connectivity index (χ1) is 12.8. The summed E-state index contributed by atoms with van der Waals surface area (Å²) in [5.41, 5.74) is 6.84. The largest absolute Gasteiger partial charge is 0.350 e. The van der Waals surface area contributed by atoms with Gasteiger partial charge < -0.3 is 5.32 Å². The fourth-order valence-electron chi connectivity index (χ4n) is 2.93. The summed E-state index contributed by atoms with van der Waals surface area (Å²) in [6.07, 6.45) is 0. The Hall–Kier alpha value is -2.88. The van der Waals surface area contributed by atoms with Crippen LogP contribution in [0.1, 0.15) is 41.0 Å². The lowest BCUT2D eigenvalue weighted by Gasteiger charge is -2.10. The number of aryl methyl sites for hydroxylation is 3. The van der Waals surface area contributed by atoms with Crippen molar-refractivity contribution in [2.75, 3.05) is 6.54 Å². The number of carbonyl (C=O) groups is 1. The van der Waals surface area contributed by atoms with Crippen molar-refractivity contribution in [3.05, 3.63) is 70.9 Å². The number of amides is 1. The van der Waals surface area contributed by atoms with Crippen LogP contribution < -0.4 is 5.32 Å². The van der Waals surface area contributed by atoms with E-state index in [0.717, 1.165) is 22.5 Å². The predicted molar refractivity (Wildman–Crippen MR) is 110 cm³/mol. The quantitative estimate of drug-likeness (QED) is 0.706. The molecule has 3 rings (SSSR count). The van der Waals surface area contributed by atoms with E-state index < -0.39 is 0 Å². The van der Waals surface area contributed by atoms with E-state index >= 15 is 0 Å². The molecule has 0 unspecified atom stereocenters. The summed E-state index contributed by atoms with van der Waals surface area (Å²) in [5, 5.41) is 7.78. The summed E-state index contributed by atoms with van der Waals surface area (Å²) < 4.78 is 1.74. The van der Waals surface area contributed by atoms with E-state index in [0.29, 0.717) is 18.2 Å². The number of hydrogen-bond acceptors (Lipinski definition) is 2. The molecule has 1 N–H and O–H groups in total. The molecule has 0 saturated carbocycles. The maximum absolute atomic E-state index is 12.8. The fourth-order valence-corrected chi connectivity index (χ4v) is 2.93. The minimum Gasteiger partial charge on any atom is -0.350 e. The van der Waals surface area contributed by atoms with E-state index in [4.69, 9.17) is 5.10 Å². The summed E-state index contributed by atoms with van der Waals surface area (Å²) in [6.45, 7) is 11.0. The first-order valence-electron chi connectivity index (χ1n) is 9.38. The van der Waals surface area contributed by atoms with Crippen molar-refractivity contribution < 1.29 is 4.79 Å². The Bertz CT molecular complexity index is 970. The third kappa shape index (κ3) is 4.27. The number of carbonyl (C=O) groups excluding carboxylic acids is 1. The van der Waals surface area contributed by atoms with Gasteiger partial charge in [-0.2, -0.15) is 5.10 Å². The van der Waals surface area contributed by atoms with Crippen LogP contribution in [0.3, 0.4) is 0 Å². The van der Waals surface area contributed by atoms with Crippen LogP contribution in [-0.4, -0.2) is 22.2 Å². The van der Waals surface area contributed by atoms with Crippen LogP contribution in [-0.2, 0) is 0 Å². The van der Waals surface area contributed by atoms with Gasteiger partial charge in [0.25, 0.3) is 5.91 Å². The second-order valence-corrected chi connectivity index (χ2v) is 7.57. The number of hydrogen-bond donors (Lipinski definition) is 1. The maximum Gasteiger partial charge on any atom is 0.270 e. The molecular weight excluding hydrogens is 334 g/mol. The first-order valence-corrected chi connectivity index (χ1v) is 9.38. The third-order valence-corrected chi connectivity index (χ3v) is 4.66. The molecule has 0 spiro atoms. The lowest BCUT2D eigenvalue weighted by Crippen LogP contribution is -2.29. The highest BCUT2D eigenvalue weighted by atomic mass is 16.2. The van der Waals surface area contributed by atoms with Crippen molar-refractivity contribution in [1.29, 1.82) is 0 Å². The van der Waals surface area contributed by atoms with Gasteiger partial charge in [0, 0.05) is 12.1 Å². The zero-order valence-corrected chi connectivity index (χ0v) is 16.7. The Morgan fingerprint density at radius 1 is 1.04 bits per heavy atom. The Balaban J connectivity index is 2.08. The van der Waals surface area contributed by atoms with Gasteiger partial charge in [-0.3, -0.25) is 4.79 Å². The van der Waals surface area contributed by atoms with Crippen molar-refractivity contribution >= 4 is 5.91 Å². The van der Waals surface area contributed by atoms with Gasteiger partial charge in [-0.15, -0.1) is 0 Å². The van der Waals surface area contributed by atoms with Gasteiger partial charge in [-0.25, -0.2) is 4.68 Å². The van der Waals surface area contributed by atoms with E-state index in [1.165, 1.54) is 11.1 Å². The molecule has 140 valence electrons. The number of nitrogens with zero attached hydrogens (tertiary/aromatic N) is 2. The molecule has 1 heterocycles. The number of benzene rings is 2. The van der Waals surface area contributed by atoms with Crippen LogP contribution in [0.4, 0.5) is 0 Å². The minimum atomic E-state index is -0.104. The molecule has 0 saturated heterocycles. The van der Waals surface area contributed by atoms with Crippen LogP contribution in [0, 0.1) is 26.7 Å². The van der Waals surface area contributed by atoms with Crippen LogP contribution in [0.15, 0.2) is 48.5 Å². The van der Waals surface area contributed by atoms with Crippen LogP contribution in [0.25, 0.3) is 16.9 Å². The van der Waals surface area contributed by atoms with Gasteiger partial charge in [0.15, 0.2) is 0 Å². The molecule has 0 aliphatic heterocycles. The lowest BCUT2D eigenvalue weighted by molar-refractivity contribution is 0.0941. The van der Waals surface area contributed by atoms with Crippen LogP contribution in [0.2, 0.25) is 0 Å². The zero-order valence-electron chi connectivity index (χ0n) is 16.7. The molecule has 1 aromatic heterocycles. The molecule has 4 nitrogen and oxygen atoms in total. The summed E-state index contributed by atoms with van der Waals surface area (Å²) in [6, 6.07) is 16.2. The highest BCUT2D eigenvalue weighted by molar-refractivity contribution is 5.94. The van der Waals surface area contributed by atoms with Crippen molar-refractivity contribution in [3.8, 4) is 16.9 Å². The Morgan fingerprint density at radius 2 is 1.81 bits per heavy atom. The average molecular weight is 361 g/mol. The first kappa shape index (κ1) is 18.9. The highest BCUT2D eigenvalue weighted by Gasteiger charge is 2.18. The van der Waals surface area contributed by atoms with E-state index in [-0.39, 0.29) is 5.91 Å². The molecule has 0 radical (unpaired) electrons. The summed E-state index contributed by atoms with van der Waals surface area (Å²) in [4.78, 5) is 12.8. The maximum atomic E-state index is 12.8. The molecule has 0 aliphatic rings. The monoisotopic (exact) mass is 361 g/mol. The third-order valence-electron chi connectivity index (χ3n) is 4.66. The lowest BCUT2D eigenvalue weighted by atomic mass is 10.0. The van der Waals surface area contributed by atoms with Gasteiger partial charge in [0.1, 0.15) is 5.69 Å². The van der Waals surface area contributed by atoms with Crippen molar-refractivity contribution in [3.63, 3.8) is 0 Å². The molecule has 0 aliphatic carbocycles. The molecule has 1 amide bonds. The van der Waals surface area contributed by atoms with Crippen molar-refractivity contribution in [1.82, 2.24) is 15.1 Å². The van der Waals surface area contributed by atoms with E-state index in [1.54, 1.807) is 4.68 Å². The van der Waals surface area contributed by atoms with E-state index in [2.05, 4.69) is 51.2 Å².